The summed E-state index contributed by atoms with van der Waals surface area (Å²) in [6.45, 7) is 0. The predicted octanol–water partition coefficient (Wildman–Crippen LogP) is 3.73. The van der Waals surface area contributed by atoms with E-state index in [0.29, 0.717) is 4.47 Å². The quantitative estimate of drug-likeness (QED) is 0.667. The van der Waals surface area contributed by atoms with Gasteiger partial charge in [0.1, 0.15) is 0 Å². The minimum Gasteiger partial charge on any atom is -0.197 e. The molecule has 1 aromatic carbocycles. The normalized spacial score (nSPS) is 10.2. The highest BCUT2D eigenvalue weighted by molar-refractivity contribution is 9.10. The third-order valence-electron chi connectivity index (χ3n) is 1.68. The summed E-state index contributed by atoms with van der Waals surface area (Å²) in [6, 6.07) is 5.46. The van der Waals surface area contributed by atoms with E-state index in [1.54, 1.807) is 6.07 Å². The monoisotopic (exact) mass is 287 g/mol. The fourth-order valence-corrected chi connectivity index (χ4v) is 1.40. The van der Waals surface area contributed by atoms with E-state index >= 15 is 0 Å². The highest BCUT2D eigenvalue weighted by Gasteiger charge is 2.33. The fourth-order valence-electron chi connectivity index (χ4n) is 1.04. The number of alkyl halides is 3. The van der Waals surface area contributed by atoms with Crippen LogP contribution in [0, 0.1) is 23.2 Å². The Balaban J connectivity index is 3.21. The number of nitriles is 1. The predicted molar refractivity (Wildman–Crippen MR) is 56.3 cm³/mol. The molecule has 0 unspecified atom stereocenters. The lowest BCUT2D eigenvalue weighted by Crippen LogP contribution is -2.07. The Kier molecular flexibility index (Phi) is 3.98. The largest absolute Gasteiger partial charge is 0.417 e. The first-order chi connectivity index (χ1) is 7.45. The molecule has 1 aromatic rings. The van der Waals surface area contributed by atoms with Gasteiger partial charge >= 0.3 is 6.18 Å². The molecule has 0 radical (unpaired) electrons. The van der Waals surface area contributed by atoms with Gasteiger partial charge in [-0.3, -0.25) is 0 Å². The Hall–Kier alpha value is -1.46. The molecular weight excluding hydrogens is 283 g/mol. The van der Waals surface area contributed by atoms with E-state index in [1.165, 1.54) is 12.1 Å². The Morgan fingerprint density at radius 1 is 1.31 bits per heavy atom. The lowest BCUT2D eigenvalue weighted by atomic mass is 10.1. The van der Waals surface area contributed by atoms with Crippen LogP contribution >= 0.6 is 15.9 Å². The van der Waals surface area contributed by atoms with E-state index < -0.39 is 11.7 Å². The Labute approximate surface area is 99.0 Å². The van der Waals surface area contributed by atoms with E-state index in [-0.39, 0.29) is 12.0 Å². The molecular formula is C11H5BrF3N. The topological polar surface area (TPSA) is 23.8 Å². The zero-order valence-electron chi connectivity index (χ0n) is 7.90. The molecule has 82 valence electrons. The maximum absolute atomic E-state index is 12.6. The van der Waals surface area contributed by atoms with E-state index in [2.05, 4.69) is 27.8 Å². The van der Waals surface area contributed by atoms with E-state index in [1.807, 2.05) is 0 Å². The molecule has 0 heterocycles. The molecule has 0 saturated heterocycles. The summed E-state index contributed by atoms with van der Waals surface area (Å²) in [6.07, 6.45) is -4.53. The average Bonchev–Trinajstić information content (AvgIpc) is 2.19. The Morgan fingerprint density at radius 3 is 2.56 bits per heavy atom. The average molecular weight is 288 g/mol. The maximum Gasteiger partial charge on any atom is 0.417 e. The first kappa shape index (κ1) is 12.6. The van der Waals surface area contributed by atoms with Crippen molar-refractivity contribution in [3.63, 3.8) is 0 Å². The lowest BCUT2D eigenvalue weighted by Gasteiger charge is -2.09. The molecule has 0 spiro atoms. The van der Waals surface area contributed by atoms with Gasteiger partial charge in [0, 0.05) is 10.0 Å². The van der Waals surface area contributed by atoms with Crippen molar-refractivity contribution >= 4 is 15.9 Å². The minimum atomic E-state index is -4.44. The van der Waals surface area contributed by atoms with Gasteiger partial charge in [0.05, 0.1) is 18.1 Å². The summed E-state index contributed by atoms with van der Waals surface area (Å²) in [7, 11) is 0. The first-order valence-corrected chi connectivity index (χ1v) is 4.97. The molecule has 0 aromatic heterocycles. The molecule has 5 heteroatoms. The molecule has 0 fully saturated rings. The van der Waals surface area contributed by atoms with Crippen molar-refractivity contribution in [1.82, 2.24) is 0 Å². The van der Waals surface area contributed by atoms with Crippen LogP contribution < -0.4 is 0 Å². The summed E-state index contributed by atoms with van der Waals surface area (Å²) in [4.78, 5) is 0. The van der Waals surface area contributed by atoms with Crippen molar-refractivity contribution in [2.24, 2.45) is 0 Å². The maximum atomic E-state index is 12.6. The van der Waals surface area contributed by atoms with Gasteiger partial charge in [0.2, 0.25) is 0 Å². The van der Waals surface area contributed by atoms with Crippen molar-refractivity contribution < 1.29 is 13.2 Å². The summed E-state index contributed by atoms with van der Waals surface area (Å²) in [5, 5.41) is 8.24. The number of hydrogen-bond acceptors (Lipinski definition) is 1. The van der Waals surface area contributed by atoms with Gasteiger partial charge in [-0.1, -0.05) is 27.8 Å². The van der Waals surface area contributed by atoms with Crippen LogP contribution in [0.4, 0.5) is 13.2 Å². The standard InChI is InChI=1S/C11H5BrF3N/c12-9-5-4-8(3-1-2-6-16)10(7-9)11(13,14)15/h4-5,7H,2H2. The van der Waals surface area contributed by atoms with Crippen molar-refractivity contribution in [2.75, 3.05) is 0 Å². The van der Waals surface area contributed by atoms with E-state index in [9.17, 15) is 13.2 Å². The van der Waals surface area contributed by atoms with Gasteiger partial charge in [-0.15, -0.1) is 0 Å². The van der Waals surface area contributed by atoms with Crippen molar-refractivity contribution in [3.05, 3.63) is 33.8 Å². The van der Waals surface area contributed by atoms with Crippen LogP contribution in [0.1, 0.15) is 17.5 Å². The Bertz CT molecular complexity index is 489. The van der Waals surface area contributed by atoms with Crippen LogP contribution in [0.25, 0.3) is 0 Å². The van der Waals surface area contributed by atoms with E-state index in [0.717, 1.165) is 6.07 Å². The summed E-state index contributed by atoms with van der Waals surface area (Å²) in [5.74, 6) is 4.69. The van der Waals surface area contributed by atoms with Crippen molar-refractivity contribution in [2.45, 2.75) is 12.6 Å². The van der Waals surface area contributed by atoms with Crippen LogP contribution in [-0.2, 0) is 6.18 Å². The van der Waals surface area contributed by atoms with Gasteiger partial charge in [0.15, 0.2) is 0 Å². The second-order valence-corrected chi connectivity index (χ2v) is 3.74. The molecule has 0 amide bonds. The molecule has 0 N–H and O–H groups in total. The number of halogens is 4. The van der Waals surface area contributed by atoms with Gasteiger partial charge in [-0.05, 0) is 18.2 Å². The Morgan fingerprint density at radius 2 is 2.00 bits per heavy atom. The second-order valence-electron chi connectivity index (χ2n) is 2.82. The highest BCUT2D eigenvalue weighted by atomic mass is 79.9. The molecule has 1 rings (SSSR count). The van der Waals surface area contributed by atoms with Gasteiger partial charge in [-0.2, -0.15) is 18.4 Å². The van der Waals surface area contributed by atoms with Gasteiger partial charge in [-0.25, -0.2) is 0 Å². The minimum absolute atomic E-state index is 0.0899. The smallest absolute Gasteiger partial charge is 0.197 e. The molecule has 0 atom stereocenters. The molecule has 0 aliphatic carbocycles. The zero-order chi connectivity index (χ0) is 12.2. The van der Waals surface area contributed by atoms with Crippen LogP contribution in [0.15, 0.2) is 22.7 Å². The van der Waals surface area contributed by atoms with Crippen LogP contribution in [0.2, 0.25) is 0 Å². The van der Waals surface area contributed by atoms with Crippen LogP contribution in [0.5, 0.6) is 0 Å². The molecule has 0 aliphatic rings. The molecule has 16 heavy (non-hydrogen) atoms. The fraction of sp³-hybridized carbons (Fsp3) is 0.182. The highest BCUT2D eigenvalue weighted by Crippen LogP contribution is 2.33. The summed E-state index contributed by atoms with van der Waals surface area (Å²) < 4.78 is 38.1. The summed E-state index contributed by atoms with van der Waals surface area (Å²) >= 11 is 2.97. The molecule has 0 bridgehead atoms. The number of rotatable bonds is 0. The third kappa shape index (κ3) is 3.29. The number of benzene rings is 1. The van der Waals surface area contributed by atoms with Crippen LogP contribution in [-0.4, -0.2) is 0 Å². The molecule has 0 aliphatic heterocycles. The van der Waals surface area contributed by atoms with Gasteiger partial charge in [0.25, 0.3) is 0 Å². The second kappa shape index (κ2) is 5.05. The third-order valence-corrected chi connectivity index (χ3v) is 2.17. The first-order valence-electron chi connectivity index (χ1n) is 4.17. The number of hydrogen-bond donors (Lipinski definition) is 0. The van der Waals surface area contributed by atoms with E-state index in [4.69, 9.17) is 5.26 Å². The van der Waals surface area contributed by atoms with Crippen molar-refractivity contribution in [1.29, 1.82) is 5.26 Å². The van der Waals surface area contributed by atoms with Crippen LogP contribution in [0.3, 0.4) is 0 Å². The summed E-state index contributed by atoms with van der Waals surface area (Å²) in [5.41, 5.74) is -0.918. The molecule has 0 saturated carbocycles. The van der Waals surface area contributed by atoms with Gasteiger partial charge < -0.3 is 0 Å². The van der Waals surface area contributed by atoms with Crippen molar-refractivity contribution in [3.8, 4) is 17.9 Å². The molecule has 1 nitrogen and oxygen atoms in total. The SMILES string of the molecule is N#CCC#Cc1ccc(Br)cc1C(F)(F)F. The number of nitrogens with zero attached hydrogens (tertiary/aromatic N) is 1. The lowest BCUT2D eigenvalue weighted by molar-refractivity contribution is -0.137. The zero-order valence-corrected chi connectivity index (χ0v) is 9.48.